The van der Waals surface area contributed by atoms with Gasteiger partial charge in [-0.1, -0.05) is 29.8 Å². The summed E-state index contributed by atoms with van der Waals surface area (Å²) in [7, 11) is 1.56. The van der Waals surface area contributed by atoms with E-state index in [4.69, 9.17) is 16.3 Å². The van der Waals surface area contributed by atoms with Gasteiger partial charge in [-0.25, -0.2) is 4.39 Å². The van der Waals surface area contributed by atoms with Crippen LogP contribution in [0.2, 0.25) is 5.02 Å². The molecule has 2 aromatic rings. The van der Waals surface area contributed by atoms with Crippen molar-refractivity contribution in [2.45, 2.75) is 0 Å². The molecule has 4 heteroatoms. The van der Waals surface area contributed by atoms with Crippen LogP contribution in [-0.2, 0) is 0 Å². The molecule has 0 aliphatic carbocycles. The van der Waals surface area contributed by atoms with Crippen LogP contribution in [0.4, 0.5) is 4.39 Å². The minimum absolute atomic E-state index is 0.0680. The smallest absolute Gasteiger partial charge is 0.185 e. The van der Waals surface area contributed by atoms with Crippen molar-refractivity contribution in [2.24, 2.45) is 0 Å². The van der Waals surface area contributed by atoms with Crippen molar-refractivity contribution in [1.29, 1.82) is 0 Å². The zero-order chi connectivity index (χ0) is 14.5. The lowest BCUT2D eigenvalue weighted by molar-refractivity contribution is 0.104. The number of ether oxygens (including phenoxy) is 1. The summed E-state index contributed by atoms with van der Waals surface area (Å²) in [5.74, 6) is -0.122. The Balaban J connectivity index is 2.22. The predicted molar refractivity (Wildman–Crippen MR) is 77.8 cm³/mol. The van der Waals surface area contributed by atoms with Crippen molar-refractivity contribution in [1.82, 2.24) is 0 Å². The van der Waals surface area contributed by atoms with Gasteiger partial charge in [0.25, 0.3) is 0 Å². The van der Waals surface area contributed by atoms with E-state index in [1.807, 2.05) is 18.2 Å². The first-order valence-corrected chi connectivity index (χ1v) is 6.30. The van der Waals surface area contributed by atoms with E-state index >= 15 is 0 Å². The molecule has 0 aliphatic heterocycles. The van der Waals surface area contributed by atoms with Crippen LogP contribution < -0.4 is 4.74 Å². The molecular weight excluding hydrogens is 279 g/mol. The van der Waals surface area contributed by atoms with E-state index in [0.29, 0.717) is 11.3 Å². The monoisotopic (exact) mass is 290 g/mol. The van der Waals surface area contributed by atoms with Crippen LogP contribution in [0.15, 0.2) is 48.5 Å². The van der Waals surface area contributed by atoms with Gasteiger partial charge in [0, 0.05) is 11.1 Å². The third kappa shape index (κ3) is 3.25. The number of carbonyl (C=O) groups excluding carboxylic acids is 1. The average molecular weight is 291 g/mol. The molecule has 2 nitrogen and oxygen atoms in total. The summed E-state index contributed by atoms with van der Waals surface area (Å²) in [5, 5.41) is -0.0680. The molecule has 2 aromatic carbocycles. The molecule has 0 fully saturated rings. The second-order valence-electron chi connectivity index (χ2n) is 4.07. The van der Waals surface area contributed by atoms with Gasteiger partial charge in [-0.15, -0.1) is 0 Å². The number of carbonyl (C=O) groups is 1. The Hall–Kier alpha value is -2.13. The van der Waals surface area contributed by atoms with E-state index in [2.05, 4.69) is 0 Å². The van der Waals surface area contributed by atoms with Gasteiger partial charge < -0.3 is 4.74 Å². The number of methoxy groups -OCH3 is 1. The lowest BCUT2D eigenvalue weighted by Crippen LogP contribution is -1.95. The van der Waals surface area contributed by atoms with E-state index < -0.39 is 5.82 Å². The number of hydrogen-bond acceptors (Lipinski definition) is 2. The standard InChI is InChI=1S/C16H12ClFO2/c1-20-16-5-3-2-4-11(16)7-9-15(19)12-6-8-14(18)13(17)10-12/h2-10H,1H3/b9-7+. The zero-order valence-corrected chi connectivity index (χ0v) is 11.5. The van der Waals surface area contributed by atoms with E-state index in [1.54, 1.807) is 19.3 Å². The highest BCUT2D eigenvalue weighted by atomic mass is 35.5. The van der Waals surface area contributed by atoms with E-state index in [1.165, 1.54) is 24.3 Å². The fourth-order valence-corrected chi connectivity index (χ4v) is 1.90. The number of halogens is 2. The number of ketones is 1. The Morgan fingerprint density at radius 3 is 2.70 bits per heavy atom. The second-order valence-corrected chi connectivity index (χ2v) is 4.48. The van der Waals surface area contributed by atoms with Gasteiger partial charge in [-0.05, 0) is 36.4 Å². The van der Waals surface area contributed by atoms with Crippen molar-refractivity contribution in [3.63, 3.8) is 0 Å². The molecule has 0 aromatic heterocycles. The van der Waals surface area contributed by atoms with E-state index in [9.17, 15) is 9.18 Å². The number of allylic oxidation sites excluding steroid dienone is 1. The number of benzene rings is 2. The van der Waals surface area contributed by atoms with E-state index in [0.717, 1.165) is 5.56 Å². The van der Waals surface area contributed by atoms with Crippen LogP contribution in [0.25, 0.3) is 6.08 Å². The molecule has 0 saturated carbocycles. The zero-order valence-electron chi connectivity index (χ0n) is 10.8. The first kappa shape index (κ1) is 14.3. The predicted octanol–water partition coefficient (Wildman–Crippen LogP) is 4.38. The molecule has 0 unspecified atom stereocenters. The molecule has 0 spiro atoms. The fraction of sp³-hybridized carbons (Fsp3) is 0.0625. The summed E-state index contributed by atoms with van der Waals surface area (Å²) in [5.41, 5.74) is 1.12. The van der Waals surface area contributed by atoms with Crippen LogP contribution in [0.1, 0.15) is 15.9 Å². The van der Waals surface area contributed by atoms with Gasteiger partial charge in [0.15, 0.2) is 5.78 Å². The number of para-hydroxylation sites is 1. The molecule has 2 rings (SSSR count). The fourth-order valence-electron chi connectivity index (χ4n) is 1.72. The van der Waals surface area contributed by atoms with Crippen LogP contribution in [0.3, 0.4) is 0 Å². The quantitative estimate of drug-likeness (QED) is 0.617. The first-order chi connectivity index (χ1) is 9.61. The summed E-state index contributed by atoms with van der Waals surface area (Å²) in [6, 6.07) is 11.2. The molecular formula is C16H12ClFO2. The van der Waals surface area contributed by atoms with Crippen molar-refractivity contribution in [3.8, 4) is 5.75 Å². The molecule has 0 heterocycles. The number of rotatable bonds is 4. The molecule has 0 atom stereocenters. The third-order valence-corrected chi connectivity index (χ3v) is 3.05. The number of hydrogen-bond donors (Lipinski definition) is 0. The Bertz CT molecular complexity index is 665. The molecule has 0 saturated heterocycles. The molecule has 102 valence electrons. The summed E-state index contributed by atoms with van der Waals surface area (Å²) >= 11 is 5.65. The highest BCUT2D eigenvalue weighted by Gasteiger charge is 2.06. The van der Waals surface area contributed by atoms with Gasteiger partial charge >= 0.3 is 0 Å². The molecule has 0 amide bonds. The van der Waals surface area contributed by atoms with Crippen molar-refractivity contribution < 1.29 is 13.9 Å². The van der Waals surface area contributed by atoms with Crippen LogP contribution in [0.5, 0.6) is 5.75 Å². The van der Waals surface area contributed by atoms with Crippen LogP contribution in [0, 0.1) is 5.82 Å². The minimum Gasteiger partial charge on any atom is -0.496 e. The van der Waals surface area contributed by atoms with Crippen molar-refractivity contribution in [2.75, 3.05) is 7.11 Å². The Kier molecular flexibility index (Phi) is 4.53. The van der Waals surface area contributed by atoms with Gasteiger partial charge in [0.2, 0.25) is 0 Å². The largest absolute Gasteiger partial charge is 0.496 e. The molecule has 0 radical (unpaired) electrons. The van der Waals surface area contributed by atoms with Crippen molar-refractivity contribution >= 4 is 23.5 Å². The third-order valence-electron chi connectivity index (χ3n) is 2.76. The van der Waals surface area contributed by atoms with Crippen LogP contribution >= 0.6 is 11.6 Å². The Labute approximate surface area is 121 Å². The average Bonchev–Trinajstić information content (AvgIpc) is 2.47. The summed E-state index contributed by atoms with van der Waals surface area (Å²) in [6.45, 7) is 0. The SMILES string of the molecule is COc1ccccc1/C=C/C(=O)c1ccc(F)c(Cl)c1. The summed E-state index contributed by atoms with van der Waals surface area (Å²) in [6.07, 6.45) is 3.06. The molecule has 0 bridgehead atoms. The molecule has 0 aliphatic rings. The minimum atomic E-state index is -0.545. The Morgan fingerprint density at radius 1 is 1.25 bits per heavy atom. The second kappa shape index (κ2) is 6.35. The van der Waals surface area contributed by atoms with Gasteiger partial charge in [0.1, 0.15) is 11.6 Å². The van der Waals surface area contributed by atoms with Gasteiger partial charge in [-0.3, -0.25) is 4.79 Å². The maximum absolute atomic E-state index is 13.0. The lowest BCUT2D eigenvalue weighted by Gasteiger charge is -2.03. The topological polar surface area (TPSA) is 26.3 Å². The van der Waals surface area contributed by atoms with Crippen molar-refractivity contribution in [3.05, 3.63) is 70.5 Å². The van der Waals surface area contributed by atoms with Gasteiger partial charge in [0.05, 0.1) is 12.1 Å². The maximum atomic E-state index is 13.0. The first-order valence-electron chi connectivity index (χ1n) is 5.92. The molecule has 0 N–H and O–H groups in total. The van der Waals surface area contributed by atoms with Crippen LogP contribution in [-0.4, -0.2) is 12.9 Å². The highest BCUT2D eigenvalue weighted by molar-refractivity contribution is 6.31. The Morgan fingerprint density at radius 2 is 2.00 bits per heavy atom. The normalized spacial score (nSPS) is 10.8. The summed E-state index contributed by atoms with van der Waals surface area (Å²) < 4.78 is 18.2. The van der Waals surface area contributed by atoms with Gasteiger partial charge in [-0.2, -0.15) is 0 Å². The lowest BCUT2D eigenvalue weighted by atomic mass is 10.1. The molecule has 20 heavy (non-hydrogen) atoms. The maximum Gasteiger partial charge on any atom is 0.185 e. The summed E-state index contributed by atoms with van der Waals surface area (Å²) in [4.78, 5) is 12.0. The highest BCUT2D eigenvalue weighted by Crippen LogP contribution is 2.20. The van der Waals surface area contributed by atoms with E-state index in [-0.39, 0.29) is 10.8 Å².